The molecule has 1 fully saturated rings. The van der Waals surface area contributed by atoms with Crippen molar-refractivity contribution in [3.05, 3.63) is 54.1 Å². The summed E-state index contributed by atoms with van der Waals surface area (Å²) in [7, 11) is 1.65. The Morgan fingerprint density at radius 2 is 1.69 bits per heavy atom. The minimum atomic E-state index is -0.964. The summed E-state index contributed by atoms with van der Waals surface area (Å²) < 4.78 is 10.7. The zero-order valence-electron chi connectivity index (χ0n) is 17.5. The van der Waals surface area contributed by atoms with Crippen molar-refractivity contribution in [2.75, 3.05) is 20.2 Å². The molecule has 29 heavy (non-hydrogen) atoms. The molecule has 0 atom stereocenters. The molecule has 1 heterocycles. The number of methoxy groups -OCH3 is 1. The van der Waals surface area contributed by atoms with Crippen molar-refractivity contribution in [2.24, 2.45) is 0 Å². The molecule has 1 amide bonds. The van der Waals surface area contributed by atoms with Gasteiger partial charge in [-0.05, 0) is 69.5 Å². The molecule has 0 radical (unpaired) electrons. The monoisotopic (exact) mass is 415 g/mol. The molecule has 1 saturated heterocycles. The van der Waals surface area contributed by atoms with E-state index in [1.54, 1.807) is 23.8 Å². The first kappa shape index (κ1) is 21.5. The summed E-state index contributed by atoms with van der Waals surface area (Å²) in [6.45, 7) is 6.51. The van der Waals surface area contributed by atoms with Gasteiger partial charge in [0.25, 0.3) is 0 Å². The molecule has 0 saturated carbocycles. The van der Waals surface area contributed by atoms with Crippen LogP contribution in [0.5, 0.6) is 5.75 Å². The number of likely N-dealkylation sites (tertiary alicyclic amines) is 1. The maximum absolute atomic E-state index is 12.3. The number of aliphatic hydroxyl groups is 1. The van der Waals surface area contributed by atoms with Crippen LogP contribution in [0, 0.1) is 0 Å². The highest BCUT2D eigenvalue weighted by atomic mass is 32.2. The Hall–Kier alpha value is -2.18. The molecule has 0 aliphatic carbocycles. The van der Waals surface area contributed by atoms with E-state index >= 15 is 0 Å². The van der Waals surface area contributed by atoms with Crippen LogP contribution in [-0.2, 0) is 10.3 Å². The molecular formula is C23H29NO4S. The van der Waals surface area contributed by atoms with Crippen LogP contribution in [0.1, 0.15) is 39.2 Å². The normalized spacial score (nSPS) is 16.4. The van der Waals surface area contributed by atoms with Gasteiger partial charge in [0, 0.05) is 22.9 Å². The van der Waals surface area contributed by atoms with Crippen molar-refractivity contribution >= 4 is 17.9 Å². The van der Waals surface area contributed by atoms with Gasteiger partial charge in [-0.3, -0.25) is 0 Å². The zero-order chi connectivity index (χ0) is 21.1. The van der Waals surface area contributed by atoms with Crippen LogP contribution in [-0.4, -0.2) is 41.9 Å². The molecule has 3 rings (SSSR count). The third kappa shape index (κ3) is 5.46. The van der Waals surface area contributed by atoms with Gasteiger partial charge in [-0.1, -0.05) is 30.0 Å². The van der Waals surface area contributed by atoms with Gasteiger partial charge in [-0.2, -0.15) is 0 Å². The van der Waals surface area contributed by atoms with E-state index < -0.39 is 11.2 Å². The van der Waals surface area contributed by atoms with E-state index in [0.29, 0.717) is 25.9 Å². The third-order valence-electron chi connectivity index (χ3n) is 4.92. The Labute approximate surface area is 177 Å². The highest BCUT2D eigenvalue weighted by Crippen LogP contribution is 2.41. The maximum Gasteiger partial charge on any atom is 0.410 e. The van der Waals surface area contributed by atoms with Crippen molar-refractivity contribution in [3.63, 3.8) is 0 Å². The van der Waals surface area contributed by atoms with Gasteiger partial charge < -0.3 is 19.5 Å². The SMILES string of the molecule is COc1ccc(Sc2ccccc2C2(O)CCN(C(=O)OC(C)(C)C)CC2)cc1. The average molecular weight is 416 g/mol. The molecule has 1 N–H and O–H groups in total. The lowest BCUT2D eigenvalue weighted by atomic mass is 9.84. The van der Waals surface area contributed by atoms with Crippen molar-refractivity contribution in [3.8, 4) is 5.75 Å². The van der Waals surface area contributed by atoms with Gasteiger partial charge in [0.2, 0.25) is 0 Å². The molecule has 1 aliphatic rings. The van der Waals surface area contributed by atoms with E-state index in [2.05, 4.69) is 0 Å². The lowest BCUT2D eigenvalue weighted by Crippen LogP contribution is -2.47. The molecule has 0 unspecified atom stereocenters. The first-order chi connectivity index (χ1) is 13.7. The van der Waals surface area contributed by atoms with Crippen molar-refractivity contribution in [1.29, 1.82) is 0 Å². The summed E-state index contributed by atoms with van der Waals surface area (Å²) in [5.74, 6) is 0.816. The quantitative estimate of drug-likeness (QED) is 0.756. The zero-order valence-corrected chi connectivity index (χ0v) is 18.3. The maximum atomic E-state index is 12.3. The van der Waals surface area contributed by atoms with Crippen LogP contribution in [0.4, 0.5) is 4.79 Å². The number of hydrogen-bond acceptors (Lipinski definition) is 5. The van der Waals surface area contributed by atoms with E-state index in [9.17, 15) is 9.90 Å². The van der Waals surface area contributed by atoms with Gasteiger partial charge in [-0.15, -0.1) is 0 Å². The predicted octanol–water partition coefficient (Wildman–Crippen LogP) is 5.06. The fourth-order valence-corrected chi connectivity index (χ4v) is 4.41. The number of nitrogens with zero attached hydrogens (tertiary/aromatic N) is 1. The summed E-state index contributed by atoms with van der Waals surface area (Å²) in [5, 5.41) is 11.4. The summed E-state index contributed by atoms with van der Waals surface area (Å²) >= 11 is 1.62. The van der Waals surface area contributed by atoms with Crippen LogP contribution >= 0.6 is 11.8 Å². The molecule has 2 aromatic rings. The van der Waals surface area contributed by atoms with Gasteiger partial charge in [0.1, 0.15) is 11.4 Å². The van der Waals surface area contributed by atoms with E-state index in [-0.39, 0.29) is 6.09 Å². The number of carbonyl (C=O) groups is 1. The molecule has 0 bridgehead atoms. The number of carbonyl (C=O) groups excluding carboxylic acids is 1. The topological polar surface area (TPSA) is 59.0 Å². The number of rotatable bonds is 4. The first-order valence-electron chi connectivity index (χ1n) is 9.82. The van der Waals surface area contributed by atoms with Crippen LogP contribution < -0.4 is 4.74 Å². The second kappa shape index (κ2) is 8.67. The Morgan fingerprint density at radius 3 is 2.28 bits per heavy atom. The van der Waals surface area contributed by atoms with Gasteiger partial charge in [0.15, 0.2) is 0 Å². The average Bonchev–Trinajstić information content (AvgIpc) is 2.68. The van der Waals surface area contributed by atoms with Gasteiger partial charge >= 0.3 is 6.09 Å². The minimum Gasteiger partial charge on any atom is -0.497 e. The fourth-order valence-electron chi connectivity index (χ4n) is 3.37. The minimum absolute atomic E-state index is 0.319. The lowest BCUT2D eigenvalue weighted by molar-refractivity contribution is -0.0371. The van der Waals surface area contributed by atoms with E-state index in [1.165, 1.54) is 0 Å². The Balaban J connectivity index is 1.73. The molecular weight excluding hydrogens is 386 g/mol. The molecule has 5 nitrogen and oxygen atoms in total. The van der Waals surface area contributed by atoms with E-state index in [4.69, 9.17) is 9.47 Å². The molecule has 6 heteroatoms. The molecule has 156 valence electrons. The van der Waals surface area contributed by atoms with E-state index in [1.807, 2.05) is 69.3 Å². The fraction of sp³-hybridized carbons (Fsp3) is 0.435. The van der Waals surface area contributed by atoms with Crippen molar-refractivity contribution in [1.82, 2.24) is 4.90 Å². The Bertz CT molecular complexity index is 837. The van der Waals surface area contributed by atoms with E-state index in [0.717, 1.165) is 21.1 Å². The standard InChI is InChI=1S/C23H29NO4S/c1-22(2,3)28-21(25)24-15-13-23(26,14-16-24)19-7-5-6-8-20(19)29-18-11-9-17(27-4)10-12-18/h5-12,26H,13-16H2,1-4H3. The number of piperidine rings is 1. The van der Waals surface area contributed by atoms with Gasteiger partial charge in [0.05, 0.1) is 12.7 Å². The summed E-state index contributed by atoms with van der Waals surface area (Å²) in [6, 6.07) is 15.8. The predicted molar refractivity (Wildman–Crippen MR) is 114 cm³/mol. The first-order valence-corrected chi connectivity index (χ1v) is 10.6. The van der Waals surface area contributed by atoms with Crippen LogP contribution in [0.25, 0.3) is 0 Å². The van der Waals surface area contributed by atoms with Crippen LogP contribution in [0.2, 0.25) is 0 Å². The molecule has 1 aliphatic heterocycles. The number of amides is 1. The molecule has 0 aromatic heterocycles. The highest BCUT2D eigenvalue weighted by Gasteiger charge is 2.38. The Kier molecular flexibility index (Phi) is 6.44. The summed E-state index contributed by atoms with van der Waals surface area (Å²) in [6.07, 6.45) is 0.638. The largest absolute Gasteiger partial charge is 0.497 e. The molecule has 2 aromatic carbocycles. The van der Waals surface area contributed by atoms with Crippen LogP contribution in [0.3, 0.4) is 0 Å². The van der Waals surface area contributed by atoms with Gasteiger partial charge in [-0.25, -0.2) is 4.79 Å². The van der Waals surface area contributed by atoms with Crippen molar-refractivity contribution < 1.29 is 19.4 Å². The van der Waals surface area contributed by atoms with Crippen molar-refractivity contribution in [2.45, 2.75) is 54.6 Å². The number of ether oxygens (including phenoxy) is 2. The lowest BCUT2D eigenvalue weighted by Gasteiger charge is -2.39. The number of hydrogen-bond donors (Lipinski definition) is 1. The molecule has 0 spiro atoms. The second-order valence-corrected chi connectivity index (χ2v) is 9.39. The summed E-state index contributed by atoms with van der Waals surface area (Å²) in [4.78, 5) is 16.1. The smallest absolute Gasteiger partial charge is 0.410 e. The second-order valence-electron chi connectivity index (χ2n) is 8.27. The Morgan fingerprint density at radius 1 is 1.07 bits per heavy atom. The highest BCUT2D eigenvalue weighted by molar-refractivity contribution is 7.99. The van der Waals surface area contributed by atoms with Crippen LogP contribution in [0.15, 0.2) is 58.3 Å². The third-order valence-corrected chi connectivity index (χ3v) is 6.00. The summed E-state index contributed by atoms with van der Waals surface area (Å²) in [5.41, 5.74) is -0.578. The number of benzene rings is 2.